The smallest absolute Gasteiger partial charge is 0.259 e. The van der Waals surface area contributed by atoms with Gasteiger partial charge in [0, 0.05) is 6.54 Å². The van der Waals surface area contributed by atoms with Gasteiger partial charge in [0.15, 0.2) is 0 Å². The molecule has 0 unspecified atom stereocenters. The lowest BCUT2D eigenvalue weighted by Gasteiger charge is -2.17. The van der Waals surface area contributed by atoms with E-state index in [1.165, 1.54) is 17.2 Å². The van der Waals surface area contributed by atoms with Crippen LogP contribution in [0.2, 0.25) is 5.22 Å². The van der Waals surface area contributed by atoms with E-state index in [0.29, 0.717) is 12.1 Å². The summed E-state index contributed by atoms with van der Waals surface area (Å²) >= 11 is 5.68. The van der Waals surface area contributed by atoms with Crippen LogP contribution in [0.1, 0.15) is 23.7 Å². The number of nitriles is 1. The minimum absolute atomic E-state index is 0.0637. The Kier molecular flexibility index (Phi) is 4.19. The van der Waals surface area contributed by atoms with Crippen LogP contribution in [0.3, 0.4) is 0 Å². The van der Waals surface area contributed by atoms with Crippen LogP contribution in [0.4, 0.5) is 0 Å². The van der Waals surface area contributed by atoms with Crippen LogP contribution in [0.5, 0.6) is 0 Å². The Morgan fingerprint density at radius 2 is 2.47 bits per heavy atom. The van der Waals surface area contributed by atoms with E-state index in [1.54, 1.807) is 0 Å². The van der Waals surface area contributed by atoms with Crippen molar-refractivity contribution in [2.45, 2.75) is 13.3 Å². The molecule has 1 aromatic heterocycles. The van der Waals surface area contributed by atoms with Crippen molar-refractivity contribution in [1.82, 2.24) is 4.90 Å². The fraction of sp³-hybridized carbons (Fsp3) is 0.400. The van der Waals surface area contributed by atoms with Crippen LogP contribution >= 0.6 is 11.6 Å². The molecule has 0 spiro atoms. The van der Waals surface area contributed by atoms with Gasteiger partial charge in [-0.25, -0.2) is 0 Å². The summed E-state index contributed by atoms with van der Waals surface area (Å²) < 4.78 is 4.83. The van der Waals surface area contributed by atoms with E-state index in [1.807, 2.05) is 13.0 Å². The molecule has 80 valence electrons. The minimum Gasteiger partial charge on any atom is -0.452 e. The molecule has 15 heavy (non-hydrogen) atoms. The molecule has 0 saturated heterocycles. The lowest BCUT2D eigenvalue weighted by Crippen LogP contribution is -2.32. The monoisotopic (exact) mass is 226 g/mol. The molecule has 0 bridgehead atoms. The predicted molar refractivity (Wildman–Crippen MR) is 55.5 cm³/mol. The first-order valence-corrected chi connectivity index (χ1v) is 4.97. The SMILES string of the molecule is CCCN(CC#N)C(=O)c1ccoc1Cl. The Hall–Kier alpha value is -1.47. The zero-order valence-corrected chi connectivity index (χ0v) is 9.12. The fourth-order valence-electron chi connectivity index (χ4n) is 1.22. The summed E-state index contributed by atoms with van der Waals surface area (Å²) in [6, 6.07) is 3.45. The number of rotatable bonds is 4. The Labute approximate surface area is 93.0 Å². The highest BCUT2D eigenvalue weighted by Gasteiger charge is 2.19. The number of halogens is 1. The molecule has 0 saturated carbocycles. The molecule has 0 aliphatic rings. The molecule has 1 amide bonds. The molecular weight excluding hydrogens is 216 g/mol. The second-order valence-electron chi connectivity index (χ2n) is 2.99. The number of furan rings is 1. The molecule has 0 aliphatic carbocycles. The molecule has 0 aromatic carbocycles. The van der Waals surface area contributed by atoms with Crippen molar-refractivity contribution >= 4 is 17.5 Å². The van der Waals surface area contributed by atoms with E-state index in [4.69, 9.17) is 21.3 Å². The van der Waals surface area contributed by atoms with E-state index in [2.05, 4.69) is 0 Å². The van der Waals surface area contributed by atoms with Gasteiger partial charge in [0.2, 0.25) is 5.22 Å². The Bertz CT molecular complexity index is 381. The number of hydrogen-bond donors (Lipinski definition) is 0. The standard InChI is InChI=1S/C10H11ClN2O2/c1-2-5-13(6-4-12)10(14)8-3-7-15-9(8)11/h3,7H,2,5-6H2,1H3. The maximum Gasteiger partial charge on any atom is 0.259 e. The van der Waals surface area contributed by atoms with Gasteiger partial charge in [-0.05, 0) is 24.1 Å². The zero-order valence-electron chi connectivity index (χ0n) is 8.36. The third-order valence-corrected chi connectivity index (χ3v) is 2.18. The van der Waals surface area contributed by atoms with Crippen LogP contribution in [0.25, 0.3) is 0 Å². The van der Waals surface area contributed by atoms with Gasteiger partial charge in [-0.3, -0.25) is 4.79 Å². The highest BCUT2D eigenvalue weighted by molar-refractivity contribution is 6.32. The Morgan fingerprint density at radius 1 is 1.73 bits per heavy atom. The number of nitrogens with zero attached hydrogens (tertiary/aromatic N) is 2. The summed E-state index contributed by atoms with van der Waals surface area (Å²) in [4.78, 5) is 13.3. The van der Waals surface area contributed by atoms with Gasteiger partial charge in [-0.1, -0.05) is 6.92 Å². The lowest BCUT2D eigenvalue weighted by atomic mass is 10.2. The van der Waals surface area contributed by atoms with Crippen molar-refractivity contribution in [1.29, 1.82) is 5.26 Å². The highest BCUT2D eigenvalue weighted by atomic mass is 35.5. The van der Waals surface area contributed by atoms with Crippen LogP contribution in [0.15, 0.2) is 16.7 Å². The van der Waals surface area contributed by atoms with E-state index >= 15 is 0 Å². The van der Waals surface area contributed by atoms with Crippen molar-refractivity contribution < 1.29 is 9.21 Å². The van der Waals surface area contributed by atoms with Gasteiger partial charge < -0.3 is 9.32 Å². The molecule has 0 aliphatic heterocycles. The Morgan fingerprint density at radius 3 is 2.93 bits per heavy atom. The molecule has 0 N–H and O–H groups in total. The normalized spacial score (nSPS) is 9.67. The van der Waals surface area contributed by atoms with E-state index in [0.717, 1.165) is 6.42 Å². The van der Waals surface area contributed by atoms with E-state index in [9.17, 15) is 4.79 Å². The molecule has 1 heterocycles. The van der Waals surface area contributed by atoms with E-state index in [-0.39, 0.29) is 17.7 Å². The topological polar surface area (TPSA) is 57.2 Å². The predicted octanol–water partition coefficient (Wildman–Crippen LogP) is 2.31. The van der Waals surface area contributed by atoms with Crippen LogP contribution in [-0.4, -0.2) is 23.9 Å². The van der Waals surface area contributed by atoms with Crippen LogP contribution in [-0.2, 0) is 0 Å². The van der Waals surface area contributed by atoms with Crippen molar-refractivity contribution in [3.8, 4) is 6.07 Å². The van der Waals surface area contributed by atoms with Crippen molar-refractivity contribution in [2.24, 2.45) is 0 Å². The average molecular weight is 227 g/mol. The fourth-order valence-corrected chi connectivity index (χ4v) is 1.42. The number of hydrogen-bond acceptors (Lipinski definition) is 3. The van der Waals surface area contributed by atoms with Gasteiger partial charge in [0.25, 0.3) is 5.91 Å². The maximum absolute atomic E-state index is 11.8. The zero-order chi connectivity index (χ0) is 11.3. The molecule has 0 radical (unpaired) electrons. The van der Waals surface area contributed by atoms with Gasteiger partial charge in [0.1, 0.15) is 6.54 Å². The number of carbonyl (C=O) groups is 1. The molecule has 0 atom stereocenters. The molecule has 0 fully saturated rings. The summed E-state index contributed by atoms with van der Waals surface area (Å²) in [5, 5.41) is 8.65. The first kappa shape index (κ1) is 11.6. The minimum atomic E-state index is -0.267. The van der Waals surface area contributed by atoms with Crippen LogP contribution in [0, 0.1) is 11.3 Å². The summed E-state index contributed by atoms with van der Waals surface area (Å²) in [5.74, 6) is -0.267. The summed E-state index contributed by atoms with van der Waals surface area (Å²) in [6.07, 6.45) is 2.15. The molecule has 5 heteroatoms. The third-order valence-electron chi connectivity index (χ3n) is 1.89. The average Bonchev–Trinajstić information content (AvgIpc) is 2.63. The first-order valence-electron chi connectivity index (χ1n) is 4.60. The summed E-state index contributed by atoms with van der Waals surface area (Å²) in [7, 11) is 0. The Balaban J connectivity index is 2.81. The summed E-state index contributed by atoms with van der Waals surface area (Å²) in [5.41, 5.74) is 0.306. The van der Waals surface area contributed by atoms with Gasteiger partial charge in [0.05, 0.1) is 17.9 Å². The maximum atomic E-state index is 11.8. The third kappa shape index (κ3) is 2.74. The summed E-state index contributed by atoms with van der Waals surface area (Å²) in [6.45, 7) is 2.54. The van der Waals surface area contributed by atoms with Gasteiger partial charge in [-0.15, -0.1) is 0 Å². The van der Waals surface area contributed by atoms with Crippen molar-refractivity contribution in [3.63, 3.8) is 0 Å². The van der Waals surface area contributed by atoms with Gasteiger partial charge in [-0.2, -0.15) is 5.26 Å². The van der Waals surface area contributed by atoms with Crippen molar-refractivity contribution in [3.05, 3.63) is 23.1 Å². The van der Waals surface area contributed by atoms with Crippen molar-refractivity contribution in [2.75, 3.05) is 13.1 Å². The largest absolute Gasteiger partial charge is 0.452 e. The number of amides is 1. The number of carbonyl (C=O) groups excluding carboxylic acids is 1. The molecule has 4 nitrogen and oxygen atoms in total. The molecule has 1 rings (SSSR count). The van der Waals surface area contributed by atoms with E-state index < -0.39 is 0 Å². The van der Waals surface area contributed by atoms with Crippen LogP contribution < -0.4 is 0 Å². The quantitative estimate of drug-likeness (QED) is 0.741. The second kappa shape index (κ2) is 5.42. The first-order chi connectivity index (χ1) is 7.20. The molecular formula is C10H11ClN2O2. The highest BCUT2D eigenvalue weighted by Crippen LogP contribution is 2.18. The van der Waals surface area contributed by atoms with Gasteiger partial charge >= 0.3 is 0 Å². The lowest BCUT2D eigenvalue weighted by molar-refractivity contribution is 0.0775. The second-order valence-corrected chi connectivity index (χ2v) is 3.34. The molecule has 1 aromatic rings.